The van der Waals surface area contributed by atoms with Crippen LogP contribution in [0.1, 0.15) is 15.2 Å². The molecule has 0 unspecified atom stereocenters. The number of hydrogen-bond acceptors (Lipinski definition) is 1. The fraction of sp³-hybridized carbons (Fsp3) is 0.833. The average molecular weight is 194 g/mol. The predicted molar refractivity (Wildman–Crippen MR) is 37.6 cm³/mol. The minimum absolute atomic E-state index is 0.432. The number of hydrogen-bond donors (Lipinski definition) is 1. The number of carboxylic acids is 1. The fourth-order valence-electron chi connectivity index (χ4n) is 0.911. The van der Waals surface area contributed by atoms with Crippen LogP contribution in [-0.2, 0) is 4.79 Å². The van der Waals surface area contributed by atoms with E-state index in [0.29, 0.717) is 0 Å². The maximum Gasteiger partial charge on any atom is 0.308 e. The molecule has 0 bridgehead atoms. The summed E-state index contributed by atoms with van der Waals surface area (Å²) in [6.45, 7) is 3.54. The molecule has 52 valence electrons. The molecule has 0 aromatic rings. The van der Waals surface area contributed by atoms with Gasteiger partial charge in [-0.25, -0.2) is 0 Å². The Balaban J connectivity index is 2.81. The Labute approximate surface area is 63.8 Å². The molecular formula is C6H9BrO2. The van der Waals surface area contributed by atoms with Crippen LogP contribution in [0, 0.1) is 11.3 Å². The number of carbonyl (C=O) groups is 1. The van der Waals surface area contributed by atoms with Crippen LogP contribution in [0.4, 0.5) is 0 Å². The Bertz CT molecular complexity index is 174. The largest absolute Gasteiger partial charge is 0.481 e. The van der Waals surface area contributed by atoms with E-state index in [1.54, 1.807) is 13.8 Å². The van der Waals surface area contributed by atoms with E-state index in [9.17, 15) is 4.79 Å². The lowest BCUT2D eigenvalue weighted by atomic mass is 10.1. The first-order chi connectivity index (χ1) is 4.32. The summed E-state index contributed by atoms with van der Waals surface area (Å²) in [5.41, 5.74) is -0.432. The van der Waals surface area contributed by atoms with Crippen molar-refractivity contribution in [2.75, 3.05) is 0 Å². The topological polar surface area (TPSA) is 37.3 Å². The van der Waals surface area contributed by atoms with Gasteiger partial charge in [0, 0.05) is 6.17 Å². The van der Waals surface area contributed by atoms with Crippen molar-refractivity contribution in [1.29, 1.82) is 0 Å². The zero-order chi connectivity index (χ0) is 8.15. The van der Waals surface area contributed by atoms with Gasteiger partial charge >= 0.3 is 5.97 Å². The van der Waals surface area contributed by atoms with Crippen LogP contribution in [0.5, 0.6) is 0 Å². The molecule has 0 saturated heterocycles. The third-order valence-corrected chi connectivity index (χ3v) is 3.23. The van der Waals surface area contributed by atoms with Crippen molar-refractivity contribution in [3.05, 3.63) is 0 Å². The summed E-state index contributed by atoms with van der Waals surface area (Å²) in [4.78, 5) is 9.49. The summed E-state index contributed by atoms with van der Waals surface area (Å²) in [5.74, 6) is -1.46. The van der Waals surface area contributed by atoms with Crippen LogP contribution < -0.4 is 0 Å². The minimum Gasteiger partial charge on any atom is -0.481 e. The lowest BCUT2D eigenvalue weighted by Gasteiger charge is -1.94. The van der Waals surface area contributed by atoms with Gasteiger partial charge in [-0.15, -0.1) is 0 Å². The van der Waals surface area contributed by atoms with Gasteiger partial charge < -0.3 is 5.11 Å². The van der Waals surface area contributed by atoms with Crippen LogP contribution in [0.15, 0.2) is 0 Å². The first-order valence-electron chi connectivity index (χ1n) is 3.23. The van der Waals surface area contributed by atoms with Crippen LogP contribution in [0.2, 0.25) is 0 Å². The van der Waals surface area contributed by atoms with Crippen LogP contribution in [-0.4, -0.2) is 15.9 Å². The molecule has 2 nitrogen and oxygen atoms in total. The molecule has 1 aliphatic carbocycles. The Morgan fingerprint density at radius 1 is 1.89 bits per heavy atom. The monoisotopic (exact) mass is 193 g/mol. The normalized spacial score (nSPS) is 47.9. The molecule has 1 aliphatic rings. The Kier molecular flexibility index (Phi) is 1.09. The second-order valence-corrected chi connectivity index (χ2v) is 3.70. The van der Waals surface area contributed by atoms with Crippen molar-refractivity contribution < 1.29 is 11.3 Å². The summed E-state index contributed by atoms with van der Waals surface area (Å²) in [5, 5.41) is 8.57. The highest BCUT2D eigenvalue weighted by Crippen LogP contribution is 2.56. The summed E-state index contributed by atoms with van der Waals surface area (Å²) in [6.07, 6.45) is 0. The minimum atomic E-state index is -0.953. The van der Waals surface area contributed by atoms with Gasteiger partial charge in [-0.1, -0.05) is 29.8 Å². The summed E-state index contributed by atoms with van der Waals surface area (Å²) < 4.78 is 7.47. The standard InChI is InChI=1S/C6H9BrO2/c1-6(2)3(4(6)7)5(8)9/h3-4H,1-2H3,(H,8,9)/t3-,4+/m1/s1/i4D. The van der Waals surface area contributed by atoms with E-state index in [-0.39, 0.29) is 0 Å². The Morgan fingerprint density at radius 3 is 2.22 bits per heavy atom. The summed E-state index contributed by atoms with van der Waals surface area (Å²) >= 11 is 3.06. The van der Waals surface area contributed by atoms with Gasteiger partial charge in [0.2, 0.25) is 0 Å². The van der Waals surface area contributed by atoms with E-state index in [1.807, 2.05) is 0 Å². The van der Waals surface area contributed by atoms with E-state index in [0.717, 1.165) is 0 Å². The molecule has 0 spiro atoms. The maximum absolute atomic E-state index is 10.4. The van der Waals surface area contributed by atoms with E-state index in [4.69, 9.17) is 6.48 Å². The average Bonchev–Trinajstić information content (AvgIpc) is 1.97. The smallest absolute Gasteiger partial charge is 0.308 e. The molecule has 0 radical (unpaired) electrons. The quantitative estimate of drug-likeness (QED) is 0.642. The van der Waals surface area contributed by atoms with Crippen LogP contribution in [0.3, 0.4) is 0 Å². The molecule has 1 rings (SSSR count). The number of halogens is 1. The molecule has 0 amide bonds. The number of aliphatic carboxylic acids is 1. The molecule has 3 heteroatoms. The number of carboxylic acid groups (broad SMARTS) is 1. The van der Waals surface area contributed by atoms with Crippen LogP contribution in [0.25, 0.3) is 0 Å². The summed E-state index contributed by atoms with van der Waals surface area (Å²) in [7, 11) is 0. The second kappa shape index (κ2) is 1.72. The third kappa shape index (κ3) is 0.874. The Hall–Kier alpha value is -0.0500. The second-order valence-electron chi connectivity index (χ2n) is 2.84. The van der Waals surface area contributed by atoms with Gasteiger partial charge in [0.25, 0.3) is 0 Å². The molecule has 0 aromatic heterocycles. The predicted octanol–water partition coefficient (Wildman–Crippen LogP) is 1.49. The van der Waals surface area contributed by atoms with E-state index in [2.05, 4.69) is 15.9 Å². The molecule has 2 atom stereocenters. The van der Waals surface area contributed by atoms with Crippen molar-refractivity contribution in [2.24, 2.45) is 11.3 Å². The lowest BCUT2D eigenvalue weighted by Crippen LogP contribution is -2.02. The Morgan fingerprint density at radius 2 is 2.22 bits per heavy atom. The lowest BCUT2D eigenvalue weighted by molar-refractivity contribution is -0.139. The highest BCUT2D eigenvalue weighted by Gasteiger charge is 2.60. The van der Waals surface area contributed by atoms with Gasteiger partial charge in [-0.2, -0.15) is 0 Å². The van der Waals surface area contributed by atoms with Crippen molar-refractivity contribution in [3.8, 4) is 0 Å². The first kappa shape index (κ1) is 5.71. The third-order valence-electron chi connectivity index (χ3n) is 1.75. The number of alkyl halides is 1. The van der Waals surface area contributed by atoms with Crippen molar-refractivity contribution in [3.63, 3.8) is 0 Å². The molecule has 0 aliphatic heterocycles. The molecule has 1 saturated carbocycles. The van der Waals surface area contributed by atoms with E-state index in [1.165, 1.54) is 0 Å². The van der Waals surface area contributed by atoms with E-state index >= 15 is 0 Å². The van der Waals surface area contributed by atoms with Crippen molar-refractivity contribution in [2.45, 2.75) is 18.7 Å². The van der Waals surface area contributed by atoms with Gasteiger partial charge in [0.15, 0.2) is 0 Å². The summed E-state index contributed by atoms with van der Waals surface area (Å²) in [6, 6.07) is 0. The molecule has 1 N–H and O–H groups in total. The molecular weight excluding hydrogens is 184 g/mol. The van der Waals surface area contributed by atoms with Gasteiger partial charge in [0.05, 0.1) is 5.92 Å². The number of rotatable bonds is 1. The maximum atomic E-state index is 10.4. The molecule has 0 heterocycles. The van der Waals surface area contributed by atoms with Crippen molar-refractivity contribution >= 4 is 21.9 Å². The molecule has 1 fully saturated rings. The molecule has 9 heavy (non-hydrogen) atoms. The molecule has 0 aromatic carbocycles. The van der Waals surface area contributed by atoms with E-state index < -0.39 is 22.1 Å². The van der Waals surface area contributed by atoms with Gasteiger partial charge in [-0.3, -0.25) is 4.79 Å². The zero-order valence-electron chi connectivity index (χ0n) is 6.31. The van der Waals surface area contributed by atoms with Crippen LogP contribution >= 0.6 is 15.9 Å². The highest BCUT2D eigenvalue weighted by molar-refractivity contribution is 9.09. The SMILES string of the molecule is [2H][C@]1(Br)[C@H](C(=O)O)C1(C)C. The van der Waals surface area contributed by atoms with Crippen molar-refractivity contribution in [1.82, 2.24) is 0 Å². The first-order valence-corrected chi connectivity index (χ1v) is 3.53. The zero-order valence-corrected chi connectivity index (χ0v) is 6.90. The van der Waals surface area contributed by atoms with Gasteiger partial charge in [-0.05, 0) is 5.41 Å². The highest BCUT2D eigenvalue weighted by atomic mass is 79.9. The fourth-order valence-corrected chi connectivity index (χ4v) is 1.79. The van der Waals surface area contributed by atoms with Gasteiger partial charge in [0.1, 0.15) is 0 Å².